The van der Waals surface area contributed by atoms with E-state index in [4.69, 9.17) is 14.9 Å². The smallest absolute Gasteiger partial charge is 0.388 e. The Hall–Kier alpha value is -1.73. The number of anilines is 1. The van der Waals surface area contributed by atoms with Crippen molar-refractivity contribution < 1.29 is 35.5 Å². The van der Waals surface area contributed by atoms with Gasteiger partial charge >= 0.3 is 24.5 Å². The molecule has 112 valence electrons. The number of hydrogen-bond donors (Lipinski definition) is 4. The van der Waals surface area contributed by atoms with Gasteiger partial charge in [-0.05, 0) is 6.07 Å². The van der Waals surface area contributed by atoms with Crippen molar-refractivity contribution in [2.45, 2.75) is 4.27 Å². The zero-order valence-corrected chi connectivity index (χ0v) is 11.3. The van der Waals surface area contributed by atoms with Gasteiger partial charge in [-0.15, -0.1) is 0 Å². The Labute approximate surface area is 114 Å². The Bertz CT molecular complexity index is 680. The molecule has 0 bridgehead atoms. The Kier molecular flexibility index (Phi) is 4.36. The van der Waals surface area contributed by atoms with E-state index in [1.807, 2.05) is 5.43 Å². The average Bonchev–Trinajstić information content (AvgIpc) is 2.32. The van der Waals surface area contributed by atoms with E-state index < -0.39 is 36.5 Å². The second-order valence-electron chi connectivity index (χ2n) is 3.41. The van der Waals surface area contributed by atoms with E-state index in [1.165, 1.54) is 12.1 Å². The van der Waals surface area contributed by atoms with E-state index in [2.05, 4.69) is 4.74 Å². The summed E-state index contributed by atoms with van der Waals surface area (Å²) in [4.78, 5) is 10.5. The number of carbonyl (C=O) groups is 1. The lowest BCUT2D eigenvalue weighted by Gasteiger charge is -2.27. The third-order valence-electron chi connectivity index (χ3n) is 2.29. The molecule has 0 atom stereocenters. The number of benzene rings is 1. The van der Waals surface area contributed by atoms with Gasteiger partial charge in [0.25, 0.3) is 6.47 Å². The average molecular weight is 326 g/mol. The van der Waals surface area contributed by atoms with Crippen molar-refractivity contribution in [2.24, 2.45) is 5.84 Å². The number of ether oxygens (including phenoxy) is 1. The topological polar surface area (TPSA) is 173 Å². The third kappa shape index (κ3) is 2.46. The van der Waals surface area contributed by atoms with E-state index in [0.29, 0.717) is 0 Å². The minimum absolute atomic E-state index is 0.315. The van der Waals surface area contributed by atoms with Crippen LogP contribution in [0.3, 0.4) is 0 Å². The van der Waals surface area contributed by atoms with Gasteiger partial charge in [0.05, 0.1) is 11.3 Å². The minimum atomic E-state index is -5.62. The van der Waals surface area contributed by atoms with Gasteiger partial charge in [-0.3, -0.25) is 19.7 Å². The predicted octanol–water partition coefficient (Wildman–Crippen LogP) is -0.969. The highest BCUT2D eigenvalue weighted by Gasteiger charge is 2.60. The summed E-state index contributed by atoms with van der Waals surface area (Å²) in [6.07, 6.45) is 0. The standard InChI is InChI=1S/C8H10N2O8S2/c9-10-7-4-2-1-3-6(7)8(18-5-11,19(12,13)14)20(15,16)17/h1-5,10H,9H2,(H,12,13,14)(H,15,16,17). The lowest BCUT2D eigenvalue weighted by Crippen LogP contribution is -2.46. The fraction of sp³-hybridized carbons (Fsp3) is 0.125. The monoisotopic (exact) mass is 326 g/mol. The van der Waals surface area contributed by atoms with Crippen LogP contribution in [0.2, 0.25) is 0 Å². The number of nitrogen functional groups attached to an aromatic ring is 1. The maximum absolute atomic E-state index is 11.4. The normalized spacial score (nSPS) is 12.8. The predicted molar refractivity (Wildman–Crippen MR) is 66.2 cm³/mol. The fourth-order valence-electron chi connectivity index (χ4n) is 1.54. The number of para-hydroxylation sites is 1. The van der Waals surface area contributed by atoms with Crippen molar-refractivity contribution in [3.8, 4) is 0 Å². The van der Waals surface area contributed by atoms with Crippen molar-refractivity contribution in [3.05, 3.63) is 29.8 Å². The summed E-state index contributed by atoms with van der Waals surface area (Å²) in [5.74, 6) is 5.08. The molecule has 0 unspecified atom stereocenters. The van der Waals surface area contributed by atoms with Gasteiger partial charge in [0.2, 0.25) is 0 Å². The van der Waals surface area contributed by atoms with Crippen molar-refractivity contribution in [1.82, 2.24) is 0 Å². The summed E-state index contributed by atoms with van der Waals surface area (Å²) in [7, 11) is -11.2. The van der Waals surface area contributed by atoms with Crippen LogP contribution < -0.4 is 11.3 Å². The van der Waals surface area contributed by atoms with Gasteiger partial charge < -0.3 is 10.2 Å². The van der Waals surface area contributed by atoms with E-state index in [-0.39, 0.29) is 5.69 Å². The zero-order chi connectivity index (χ0) is 15.6. The first kappa shape index (κ1) is 16.3. The van der Waals surface area contributed by atoms with Gasteiger partial charge in [-0.1, -0.05) is 18.2 Å². The van der Waals surface area contributed by atoms with Crippen LogP contribution in [0.4, 0.5) is 5.69 Å². The maximum Gasteiger partial charge on any atom is 0.388 e. The lowest BCUT2D eigenvalue weighted by molar-refractivity contribution is -0.133. The summed E-state index contributed by atoms with van der Waals surface area (Å²) in [5, 5.41) is 0. The molecule has 0 aliphatic heterocycles. The number of nitrogens with one attached hydrogen (secondary N) is 1. The molecular formula is C8H10N2O8S2. The Morgan fingerprint density at radius 2 is 1.65 bits per heavy atom. The van der Waals surface area contributed by atoms with Crippen molar-refractivity contribution >= 4 is 32.4 Å². The molecule has 10 nitrogen and oxygen atoms in total. The van der Waals surface area contributed by atoms with E-state index in [0.717, 1.165) is 12.1 Å². The molecule has 12 heteroatoms. The molecule has 0 fully saturated rings. The van der Waals surface area contributed by atoms with Crippen molar-refractivity contribution in [2.75, 3.05) is 5.43 Å². The number of hydrazine groups is 1. The Morgan fingerprint density at radius 3 is 2.05 bits per heavy atom. The summed E-state index contributed by atoms with van der Waals surface area (Å²) >= 11 is 0. The van der Waals surface area contributed by atoms with Gasteiger partial charge in [-0.2, -0.15) is 16.8 Å². The maximum atomic E-state index is 11.4. The minimum Gasteiger partial charge on any atom is -0.422 e. The molecule has 0 saturated carbocycles. The van der Waals surface area contributed by atoms with Gasteiger partial charge in [0, 0.05) is 0 Å². The quantitative estimate of drug-likeness (QED) is 0.220. The second-order valence-corrected chi connectivity index (χ2v) is 6.72. The highest BCUT2D eigenvalue weighted by atomic mass is 32.3. The molecule has 1 aromatic rings. The van der Waals surface area contributed by atoms with Crippen LogP contribution in [0.5, 0.6) is 0 Å². The number of rotatable bonds is 6. The molecule has 0 aromatic heterocycles. The van der Waals surface area contributed by atoms with Crippen LogP contribution >= 0.6 is 0 Å². The van der Waals surface area contributed by atoms with Crippen LogP contribution in [0.1, 0.15) is 5.56 Å². The van der Waals surface area contributed by atoms with Crippen LogP contribution in [0.25, 0.3) is 0 Å². The lowest BCUT2D eigenvalue weighted by atomic mass is 10.2. The molecule has 0 saturated heterocycles. The fourth-order valence-corrected chi connectivity index (χ4v) is 3.83. The van der Waals surface area contributed by atoms with Crippen molar-refractivity contribution in [3.63, 3.8) is 0 Å². The summed E-state index contributed by atoms with van der Waals surface area (Å²) in [6.45, 7) is -0.547. The highest BCUT2D eigenvalue weighted by Crippen LogP contribution is 2.39. The van der Waals surface area contributed by atoms with Crippen LogP contribution in [-0.2, 0) is 34.0 Å². The van der Waals surface area contributed by atoms with Gasteiger partial charge in [0.1, 0.15) is 0 Å². The molecular weight excluding hydrogens is 316 g/mol. The van der Waals surface area contributed by atoms with Gasteiger partial charge in [0.15, 0.2) is 0 Å². The first-order chi connectivity index (χ1) is 9.11. The molecule has 20 heavy (non-hydrogen) atoms. The third-order valence-corrected chi connectivity index (χ3v) is 5.55. The molecule has 0 spiro atoms. The molecule has 5 N–H and O–H groups in total. The zero-order valence-electron chi connectivity index (χ0n) is 9.62. The molecule has 0 amide bonds. The number of hydrogen-bond acceptors (Lipinski definition) is 8. The molecule has 1 rings (SSSR count). The summed E-state index contributed by atoms with van der Waals surface area (Å²) < 4.78 is 64.3. The highest BCUT2D eigenvalue weighted by molar-refractivity contribution is 8.04. The molecule has 0 radical (unpaired) electrons. The summed E-state index contributed by atoms with van der Waals surface area (Å²) in [5.41, 5.74) is 0.849. The molecule has 0 heterocycles. The van der Waals surface area contributed by atoms with E-state index in [1.54, 1.807) is 0 Å². The van der Waals surface area contributed by atoms with E-state index >= 15 is 0 Å². The van der Waals surface area contributed by atoms with Gasteiger partial charge in [-0.25, -0.2) is 0 Å². The number of carbonyl (C=O) groups excluding carboxylic acids is 1. The second kappa shape index (κ2) is 5.34. The van der Waals surface area contributed by atoms with Crippen LogP contribution in [0.15, 0.2) is 24.3 Å². The SMILES string of the molecule is NNc1ccccc1C(OC=O)(S(=O)(=O)O)S(=O)(=O)O. The first-order valence-electron chi connectivity index (χ1n) is 4.73. The molecule has 0 aliphatic rings. The summed E-state index contributed by atoms with van der Waals surface area (Å²) in [6, 6.07) is 4.53. The molecule has 0 aliphatic carbocycles. The van der Waals surface area contributed by atoms with Crippen molar-refractivity contribution in [1.29, 1.82) is 0 Å². The Balaban J connectivity index is 3.92. The first-order valence-corrected chi connectivity index (χ1v) is 7.61. The van der Waals surface area contributed by atoms with Crippen LogP contribution in [0, 0.1) is 0 Å². The van der Waals surface area contributed by atoms with Crippen LogP contribution in [-0.4, -0.2) is 32.4 Å². The van der Waals surface area contributed by atoms with E-state index in [9.17, 15) is 21.6 Å². The Morgan fingerprint density at radius 1 is 1.15 bits per heavy atom. The largest absolute Gasteiger partial charge is 0.422 e. The number of nitrogens with two attached hydrogens (primary N) is 1. The molecule has 1 aromatic carbocycles.